The number of fused-ring (bicyclic) bond motifs is 9. The van der Waals surface area contributed by atoms with Crippen molar-refractivity contribution in [1.29, 1.82) is 0 Å². The van der Waals surface area contributed by atoms with Crippen molar-refractivity contribution in [2.75, 3.05) is 9.80 Å². The van der Waals surface area contributed by atoms with Crippen molar-refractivity contribution >= 4 is 99.8 Å². The maximum atomic E-state index is 2.61. The van der Waals surface area contributed by atoms with Gasteiger partial charge in [-0.05, 0) is 133 Å². The van der Waals surface area contributed by atoms with Crippen LogP contribution in [0.4, 0.5) is 34.1 Å². The lowest BCUT2D eigenvalue weighted by Gasteiger charge is -2.44. The Kier molecular flexibility index (Phi) is 9.35. The van der Waals surface area contributed by atoms with Crippen molar-refractivity contribution in [2.45, 2.75) is 105 Å². The Labute approximate surface area is 396 Å². The molecule has 330 valence electrons. The molecule has 0 aliphatic carbocycles. The van der Waals surface area contributed by atoms with Gasteiger partial charge >= 0.3 is 0 Å². The van der Waals surface area contributed by atoms with E-state index in [4.69, 9.17) is 0 Å². The van der Waals surface area contributed by atoms with Gasteiger partial charge in [-0.25, -0.2) is 0 Å². The van der Waals surface area contributed by atoms with E-state index in [1.165, 1.54) is 115 Å². The van der Waals surface area contributed by atoms with E-state index in [0.29, 0.717) is 0 Å². The number of benzene rings is 7. The second-order valence-corrected chi connectivity index (χ2v) is 24.3. The van der Waals surface area contributed by atoms with Crippen molar-refractivity contribution in [3.63, 3.8) is 0 Å². The smallest absolute Gasteiger partial charge is 0.264 e. The molecule has 0 spiro atoms. The third-order valence-corrected chi connectivity index (χ3v) is 15.9. The SMILES string of the molecule is Cn1c2ccccc2c2cc(-c3cc(C(C)(C)C)ccc3N3c4ccc(C(C)(C)C)cc4B4c5sc6ccc(C(C)(C)C)cc6c5N(c5ccc(C(C)(C)C)cc5)c5cccc3c54)ccc21. The molecule has 7 aromatic carbocycles. The van der Waals surface area contributed by atoms with E-state index in [9.17, 15) is 0 Å². The zero-order valence-corrected chi connectivity index (χ0v) is 41.9. The second kappa shape index (κ2) is 14.5. The largest absolute Gasteiger partial charge is 0.344 e. The average molecular weight is 880 g/mol. The van der Waals surface area contributed by atoms with E-state index in [1.807, 2.05) is 11.3 Å². The molecule has 66 heavy (non-hydrogen) atoms. The number of hydrogen-bond donors (Lipinski definition) is 0. The van der Waals surface area contributed by atoms with Gasteiger partial charge < -0.3 is 14.4 Å². The molecule has 0 amide bonds. The van der Waals surface area contributed by atoms with Crippen LogP contribution in [0.15, 0.2) is 140 Å². The zero-order chi connectivity index (χ0) is 46.4. The molecule has 0 saturated heterocycles. The van der Waals surface area contributed by atoms with Gasteiger partial charge in [-0.3, -0.25) is 0 Å². The molecule has 3 nitrogen and oxygen atoms in total. The molecule has 0 unspecified atom stereocenters. The number of aryl methyl sites for hydroxylation is 1. The maximum absolute atomic E-state index is 2.61. The van der Waals surface area contributed by atoms with Gasteiger partial charge in [0.1, 0.15) is 0 Å². The third kappa shape index (κ3) is 6.59. The second-order valence-electron chi connectivity index (χ2n) is 23.2. The van der Waals surface area contributed by atoms with E-state index in [0.717, 1.165) is 0 Å². The molecule has 11 rings (SSSR count). The van der Waals surface area contributed by atoms with Crippen LogP contribution in [0.2, 0.25) is 0 Å². The maximum Gasteiger partial charge on any atom is 0.264 e. The summed E-state index contributed by atoms with van der Waals surface area (Å²) >= 11 is 1.98. The van der Waals surface area contributed by atoms with Gasteiger partial charge in [0.15, 0.2) is 0 Å². The van der Waals surface area contributed by atoms with Gasteiger partial charge in [-0.1, -0.05) is 150 Å². The highest BCUT2D eigenvalue weighted by Crippen LogP contribution is 2.51. The molecule has 2 aliphatic rings. The first-order chi connectivity index (χ1) is 31.2. The Balaban J connectivity index is 1.22. The summed E-state index contributed by atoms with van der Waals surface area (Å²) in [5.74, 6) is 0. The fourth-order valence-corrected chi connectivity index (χ4v) is 12.1. The highest BCUT2D eigenvalue weighted by Gasteiger charge is 2.46. The van der Waals surface area contributed by atoms with Crippen LogP contribution < -0.4 is 25.5 Å². The van der Waals surface area contributed by atoms with Crippen LogP contribution >= 0.6 is 11.3 Å². The third-order valence-electron chi connectivity index (χ3n) is 14.6. The monoisotopic (exact) mass is 879 g/mol. The van der Waals surface area contributed by atoms with Crippen molar-refractivity contribution in [3.8, 4) is 11.1 Å². The molecule has 0 fully saturated rings. The van der Waals surface area contributed by atoms with Crippen molar-refractivity contribution in [1.82, 2.24) is 4.57 Å². The van der Waals surface area contributed by atoms with Crippen molar-refractivity contribution in [2.24, 2.45) is 7.05 Å². The molecule has 9 aromatic rings. The Hall–Kier alpha value is -6.04. The highest BCUT2D eigenvalue weighted by molar-refractivity contribution is 7.33. The number of aromatic nitrogens is 1. The minimum atomic E-state index is -0.0390. The summed E-state index contributed by atoms with van der Waals surface area (Å²) < 4.78 is 5.07. The van der Waals surface area contributed by atoms with Crippen LogP contribution in [-0.4, -0.2) is 11.3 Å². The standard InChI is InChI=1S/C61H62BN3S/c1-58(2,3)38-22-27-42(28-23-38)64-52-19-16-20-53-55(52)62(57-56(64)46-35-40(60(7,8)9)26-32-54(46)66-57)47-36-41(61(10,11)12)25-31-51(47)65(53)50-30-24-39(59(4,5)6)34-44(50)37-21-29-49-45(33-37)43-17-14-15-18-48(43)63(49)13/h14-36H,1-13H3. The quantitative estimate of drug-likeness (QED) is 0.164. The minimum absolute atomic E-state index is 0.0138. The fraction of sp³-hybridized carbons (Fsp3) is 0.279. The summed E-state index contributed by atoms with van der Waals surface area (Å²) in [6.45, 7) is 28.0. The molecule has 5 heteroatoms. The fourth-order valence-electron chi connectivity index (χ4n) is 10.8. The number of rotatable bonds is 3. The lowest BCUT2D eigenvalue weighted by Crippen LogP contribution is -2.60. The summed E-state index contributed by atoms with van der Waals surface area (Å²) in [5, 5.41) is 3.90. The summed E-state index contributed by atoms with van der Waals surface area (Å²) in [5.41, 5.74) is 20.5. The number of hydrogen-bond acceptors (Lipinski definition) is 3. The molecule has 0 N–H and O–H groups in total. The first kappa shape index (κ1) is 42.6. The van der Waals surface area contributed by atoms with Crippen molar-refractivity contribution < 1.29 is 0 Å². The van der Waals surface area contributed by atoms with Gasteiger partial charge in [-0.15, -0.1) is 11.3 Å². The number of nitrogens with zero attached hydrogens (tertiary/aromatic N) is 3. The van der Waals surface area contributed by atoms with Crippen LogP contribution in [0.5, 0.6) is 0 Å². The number of para-hydroxylation sites is 1. The summed E-state index contributed by atoms with van der Waals surface area (Å²) in [6.07, 6.45) is 0. The summed E-state index contributed by atoms with van der Waals surface area (Å²) in [6, 6.07) is 54.3. The highest BCUT2D eigenvalue weighted by atomic mass is 32.1. The Morgan fingerprint density at radius 2 is 1.02 bits per heavy atom. The zero-order valence-electron chi connectivity index (χ0n) is 41.1. The first-order valence-electron chi connectivity index (χ1n) is 23.9. The van der Waals surface area contributed by atoms with Crippen LogP contribution in [0.25, 0.3) is 43.0 Å². The van der Waals surface area contributed by atoms with Crippen LogP contribution in [0.3, 0.4) is 0 Å². The minimum Gasteiger partial charge on any atom is -0.344 e. The Morgan fingerprint density at radius 1 is 0.439 bits per heavy atom. The summed E-state index contributed by atoms with van der Waals surface area (Å²) in [4.78, 5) is 5.22. The molecule has 0 radical (unpaired) electrons. The Bertz CT molecular complexity index is 3430. The predicted molar refractivity (Wildman–Crippen MR) is 290 cm³/mol. The average Bonchev–Trinajstić information content (AvgIpc) is 3.79. The van der Waals surface area contributed by atoms with Crippen molar-refractivity contribution in [3.05, 3.63) is 162 Å². The Morgan fingerprint density at radius 3 is 1.70 bits per heavy atom. The van der Waals surface area contributed by atoms with Gasteiger partial charge in [0, 0.05) is 72.0 Å². The summed E-state index contributed by atoms with van der Waals surface area (Å²) in [7, 11) is 2.19. The topological polar surface area (TPSA) is 11.4 Å². The van der Waals surface area contributed by atoms with Crippen LogP contribution in [-0.2, 0) is 28.7 Å². The normalized spacial score (nSPS) is 14.0. The molecule has 2 aromatic heterocycles. The van der Waals surface area contributed by atoms with Crippen LogP contribution in [0, 0.1) is 0 Å². The van der Waals surface area contributed by atoms with Gasteiger partial charge in [0.25, 0.3) is 6.71 Å². The van der Waals surface area contributed by atoms with E-state index < -0.39 is 0 Å². The molecule has 0 bridgehead atoms. The molecule has 0 atom stereocenters. The molecular formula is C61H62BN3S. The number of anilines is 6. The number of thiophene rings is 1. The first-order valence-corrected chi connectivity index (χ1v) is 24.7. The van der Waals surface area contributed by atoms with Gasteiger partial charge in [0.2, 0.25) is 0 Å². The van der Waals surface area contributed by atoms with E-state index in [1.54, 1.807) is 0 Å². The van der Waals surface area contributed by atoms with Crippen LogP contribution in [0.1, 0.15) is 105 Å². The molecule has 0 saturated carbocycles. The van der Waals surface area contributed by atoms with E-state index in [-0.39, 0.29) is 28.4 Å². The molecule has 4 heterocycles. The molecular weight excluding hydrogens is 818 g/mol. The predicted octanol–water partition coefficient (Wildman–Crippen LogP) is 15.5. The molecule has 2 aliphatic heterocycles. The lowest BCUT2D eigenvalue weighted by atomic mass is 9.36. The van der Waals surface area contributed by atoms with Gasteiger partial charge in [-0.2, -0.15) is 0 Å². The lowest BCUT2D eigenvalue weighted by molar-refractivity contribution is 0.590. The van der Waals surface area contributed by atoms with E-state index in [2.05, 4.69) is 244 Å². The van der Waals surface area contributed by atoms with Gasteiger partial charge in [0.05, 0.1) is 11.4 Å². The van der Waals surface area contributed by atoms with E-state index >= 15 is 0 Å².